The lowest BCUT2D eigenvalue weighted by Crippen LogP contribution is -2.56. The van der Waals surface area contributed by atoms with Gasteiger partial charge in [0, 0.05) is 20.1 Å². The number of nitrogens with one attached hydrogen (secondary N) is 1. The summed E-state index contributed by atoms with van der Waals surface area (Å²) >= 11 is 1.69. The van der Waals surface area contributed by atoms with Crippen LogP contribution in [0.4, 0.5) is 5.82 Å². The molecule has 0 amide bonds. The number of thioether (sulfide) groups is 1. The van der Waals surface area contributed by atoms with E-state index in [1.807, 2.05) is 0 Å². The molecule has 0 spiro atoms. The van der Waals surface area contributed by atoms with Crippen LogP contribution in [0.5, 0.6) is 0 Å². The Bertz CT molecular complexity index is 350. The molecule has 0 aromatic carbocycles. The highest BCUT2D eigenvalue weighted by Crippen LogP contribution is 2.23. The maximum absolute atomic E-state index is 4.65. The summed E-state index contributed by atoms with van der Waals surface area (Å²) in [5.41, 5.74) is 1.25. The van der Waals surface area contributed by atoms with E-state index >= 15 is 0 Å². The molecular formula is C11H17N3S. The highest BCUT2D eigenvalue weighted by Gasteiger charge is 2.23. The molecule has 0 aliphatic carbocycles. The Labute approximate surface area is 95.3 Å². The van der Waals surface area contributed by atoms with E-state index in [9.17, 15) is 0 Å². The second-order valence-corrected chi connectivity index (χ2v) is 4.74. The zero-order valence-electron chi connectivity index (χ0n) is 9.45. The molecule has 1 aromatic heterocycles. The van der Waals surface area contributed by atoms with Gasteiger partial charge in [-0.3, -0.25) is 0 Å². The van der Waals surface area contributed by atoms with Crippen molar-refractivity contribution in [2.24, 2.45) is 0 Å². The van der Waals surface area contributed by atoms with Crippen LogP contribution >= 0.6 is 11.8 Å². The summed E-state index contributed by atoms with van der Waals surface area (Å²) in [6.07, 6.45) is 2.06. The van der Waals surface area contributed by atoms with Gasteiger partial charge < -0.3 is 10.2 Å². The van der Waals surface area contributed by atoms with Gasteiger partial charge in [0.25, 0.3) is 0 Å². The topological polar surface area (TPSA) is 28.2 Å². The van der Waals surface area contributed by atoms with Crippen LogP contribution in [0.2, 0.25) is 0 Å². The fraction of sp³-hybridized carbons (Fsp3) is 0.545. The number of hydrogen-bond donors (Lipinski definition) is 1. The second kappa shape index (κ2) is 4.41. The molecule has 0 bridgehead atoms. The van der Waals surface area contributed by atoms with Crippen molar-refractivity contribution in [2.75, 3.05) is 31.3 Å². The third kappa shape index (κ3) is 2.11. The molecule has 4 heteroatoms. The summed E-state index contributed by atoms with van der Waals surface area (Å²) in [6.45, 7) is 4.26. The highest BCUT2D eigenvalue weighted by atomic mass is 32.2. The first-order chi connectivity index (χ1) is 7.22. The summed E-state index contributed by atoms with van der Waals surface area (Å²) in [5.74, 6) is 1.12. The molecule has 1 aliphatic rings. The maximum Gasteiger partial charge on any atom is 0.132 e. The minimum atomic E-state index is 0.605. The number of nitrogens with zero attached hydrogens (tertiary/aromatic N) is 2. The number of aromatic nitrogens is 1. The Morgan fingerprint density at radius 3 is 2.73 bits per heavy atom. The van der Waals surface area contributed by atoms with Crippen molar-refractivity contribution in [3.05, 3.63) is 17.7 Å². The third-order valence-corrected chi connectivity index (χ3v) is 3.54. The number of aryl methyl sites for hydroxylation is 1. The quantitative estimate of drug-likeness (QED) is 0.786. The average molecular weight is 223 g/mol. The Morgan fingerprint density at radius 2 is 2.20 bits per heavy atom. The van der Waals surface area contributed by atoms with Gasteiger partial charge >= 0.3 is 0 Å². The van der Waals surface area contributed by atoms with Gasteiger partial charge in [-0.25, -0.2) is 4.98 Å². The SMILES string of the molecule is CSc1ccc(C)c(N(C)C2CNC2)n1. The van der Waals surface area contributed by atoms with Crippen LogP contribution in [0.3, 0.4) is 0 Å². The molecule has 1 N–H and O–H groups in total. The lowest BCUT2D eigenvalue weighted by atomic mass is 10.1. The smallest absolute Gasteiger partial charge is 0.132 e. The van der Waals surface area contributed by atoms with E-state index < -0.39 is 0 Å². The van der Waals surface area contributed by atoms with Gasteiger partial charge in [0.2, 0.25) is 0 Å². The Balaban J connectivity index is 2.24. The molecule has 0 radical (unpaired) electrons. The van der Waals surface area contributed by atoms with Crippen LogP contribution in [0, 0.1) is 6.92 Å². The van der Waals surface area contributed by atoms with Crippen molar-refractivity contribution in [2.45, 2.75) is 18.0 Å². The molecule has 3 nitrogen and oxygen atoms in total. The normalized spacial score (nSPS) is 16.2. The standard InChI is InChI=1S/C11H17N3S/c1-8-4-5-10(15-3)13-11(8)14(2)9-6-12-7-9/h4-5,9,12H,6-7H2,1-3H3. The zero-order chi connectivity index (χ0) is 10.8. The number of anilines is 1. The van der Waals surface area contributed by atoms with Gasteiger partial charge in [-0.05, 0) is 24.8 Å². The van der Waals surface area contributed by atoms with Crippen molar-refractivity contribution in [3.8, 4) is 0 Å². The number of hydrogen-bond acceptors (Lipinski definition) is 4. The third-order valence-electron chi connectivity index (χ3n) is 2.90. The number of rotatable bonds is 3. The van der Waals surface area contributed by atoms with E-state index in [2.05, 4.69) is 47.6 Å². The van der Waals surface area contributed by atoms with Crippen molar-refractivity contribution in [3.63, 3.8) is 0 Å². The molecule has 1 fully saturated rings. The van der Waals surface area contributed by atoms with Crippen molar-refractivity contribution in [1.29, 1.82) is 0 Å². The predicted octanol–water partition coefficient (Wildman–Crippen LogP) is 1.52. The second-order valence-electron chi connectivity index (χ2n) is 3.92. The first kappa shape index (κ1) is 10.8. The predicted molar refractivity (Wildman–Crippen MR) is 65.8 cm³/mol. The molecule has 1 aromatic rings. The van der Waals surface area contributed by atoms with Crippen LogP contribution in [0.25, 0.3) is 0 Å². The van der Waals surface area contributed by atoms with E-state index in [0.717, 1.165) is 23.9 Å². The van der Waals surface area contributed by atoms with Crippen molar-refractivity contribution >= 4 is 17.6 Å². The first-order valence-corrected chi connectivity index (χ1v) is 6.40. The molecule has 0 saturated carbocycles. The highest BCUT2D eigenvalue weighted by molar-refractivity contribution is 7.98. The molecule has 15 heavy (non-hydrogen) atoms. The minimum absolute atomic E-state index is 0.605. The molecule has 1 aliphatic heterocycles. The Hall–Kier alpha value is -0.740. The van der Waals surface area contributed by atoms with Gasteiger partial charge in [0.05, 0.1) is 11.1 Å². The Kier molecular flexibility index (Phi) is 3.17. The summed E-state index contributed by atoms with van der Waals surface area (Å²) in [7, 11) is 2.13. The maximum atomic E-state index is 4.65. The molecule has 2 heterocycles. The van der Waals surface area contributed by atoms with Crippen LogP contribution in [-0.2, 0) is 0 Å². The van der Waals surface area contributed by atoms with E-state index in [0.29, 0.717) is 6.04 Å². The lowest BCUT2D eigenvalue weighted by molar-refractivity contribution is 0.426. The largest absolute Gasteiger partial charge is 0.354 e. The monoisotopic (exact) mass is 223 g/mol. The Morgan fingerprint density at radius 1 is 1.47 bits per heavy atom. The molecule has 2 rings (SSSR count). The van der Waals surface area contributed by atoms with Crippen LogP contribution in [-0.4, -0.2) is 37.4 Å². The van der Waals surface area contributed by atoms with Crippen LogP contribution < -0.4 is 10.2 Å². The summed E-state index contributed by atoms with van der Waals surface area (Å²) in [6, 6.07) is 4.83. The molecule has 0 unspecified atom stereocenters. The van der Waals surface area contributed by atoms with Crippen LogP contribution in [0.1, 0.15) is 5.56 Å². The molecular weight excluding hydrogens is 206 g/mol. The molecule has 0 atom stereocenters. The fourth-order valence-corrected chi connectivity index (χ4v) is 2.07. The van der Waals surface area contributed by atoms with E-state index in [4.69, 9.17) is 0 Å². The number of pyridine rings is 1. The van der Waals surface area contributed by atoms with Gasteiger partial charge in [-0.1, -0.05) is 6.07 Å². The summed E-state index contributed by atoms with van der Waals surface area (Å²) in [5, 5.41) is 4.38. The zero-order valence-corrected chi connectivity index (χ0v) is 10.3. The van der Waals surface area contributed by atoms with E-state index in [-0.39, 0.29) is 0 Å². The lowest BCUT2D eigenvalue weighted by Gasteiger charge is -2.37. The molecule has 82 valence electrons. The van der Waals surface area contributed by atoms with Gasteiger partial charge in [-0.15, -0.1) is 11.8 Å². The first-order valence-electron chi connectivity index (χ1n) is 5.17. The van der Waals surface area contributed by atoms with Crippen molar-refractivity contribution < 1.29 is 0 Å². The van der Waals surface area contributed by atoms with Gasteiger partial charge in [0.15, 0.2) is 0 Å². The van der Waals surface area contributed by atoms with Gasteiger partial charge in [-0.2, -0.15) is 0 Å². The fourth-order valence-electron chi connectivity index (χ4n) is 1.69. The van der Waals surface area contributed by atoms with E-state index in [1.165, 1.54) is 5.56 Å². The van der Waals surface area contributed by atoms with Crippen molar-refractivity contribution in [1.82, 2.24) is 10.3 Å². The summed E-state index contributed by atoms with van der Waals surface area (Å²) < 4.78 is 0. The molecule has 1 saturated heterocycles. The number of likely N-dealkylation sites (N-methyl/N-ethyl adjacent to an activating group) is 1. The average Bonchev–Trinajstić information content (AvgIpc) is 2.15. The minimum Gasteiger partial charge on any atom is -0.354 e. The summed E-state index contributed by atoms with van der Waals surface area (Å²) in [4.78, 5) is 6.94. The van der Waals surface area contributed by atoms with Gasteiger partial charge in [0.1, 0.15) is 5.82 Å². The van der Waals surface area contributed by atoms with E-state index in [1.54, 1.807) is 11.8 Å². The van der Waals surface area contributed by atoms with Crippen LogP contribution in [0.15, 0.2) is 17.2 Å².